The summed E-state index contributed by atoms with van der Waals surface area (Å²) in [5.41, 5.74) is 4.53. The van der Waals surface area contributed by atoms with Gasteiger partial charge in [0.05, 0.1) is 0 Å². The molecule has 0 radical (unpaired) electrons. The Morgan fingerprint density at radius 2 is 1.37 bits per heavy atom. The summed E-state index contributed by atoms with van der Waals surface area (Å²) in [6, 6.07) is 0. The Kier molecular flexibility index (Phi) is 25.6. The number of hydrogen-bond acceptors (Lipinski definition) is 7. The predicted molar refractivity (Wildman–Crippen MR) is 100 cm³/mol. The van der Waals surface area contributed by atoms with Gasteiger partial charge in [-0.15, -0.1) is 0 Å². The van der Waals surface area contributed by atoms with Crippen LogP contribution < -0.4 is 5.73 Å². The van der Waals surface area contributed by atoms with E-state index in [2.05, 4.69) is 44.2 Å². The van der Waals surface area contributed by atoms with E-state index < -0.39 is 22.3 Å². The molecule has 0 atom stereocenters. The van der Waals surface area contributed by atoms with Crippen LogP contribution in [-0.2, 0) is 29.5 Å². The first kappa shape index (κ1) is 32.2. The highest BCUT2D eigenvalue weighted by Crippen LogP contribution is 1.87. The number of nitrogens with two attached hydrogens (primary N) is 1. The lowest BCUT2D eigenvalue weighted by molar-refractivity contribution is -0.138. The summed E-state index contributed by atoms with van der Waals surface area (Å²) in [6.07, 6.45) is 3.07. The zero-order valence-electron chi connectivity index (χ0n) is 15.4. The summed E-state index contributed by atoms with van der Waals surface area (Å²) in [7, 11) is -4.67. The van der Waals surface area contributed by atoms with Crippen molar-refractivity contribution in [3.8, 4) is 0 Å². The van der Waals surface area contributed by atoms with Crippen molar-refractivity contribution in [1.82, 2.24) is 4.90 Å². The molecule has 11 nitrogen and oxygen atoms in total. The lowest BCUT2D eigenvalue weighted by Gasteiger charge is -2.16. The summed E-state index contributed by atoms with van der Waals surface area (Å²) >= 11 is 0. The van der Waals surface area contributed by atoms with E-state index in [1.807, 2.05) is 0 Å². The van der Waals surface area contributed by atoms with E-state index in [1.165, 1.54) is 6.08 Å². The van der Waals surface area contributed by atoms with Crippen molar-refractivity contribution in [2.24, 2.45) is 5.73 Å². The van der Waals surface area contributed by atoms with Crippen LogP contribution in [0.2, 0.25) is 0 Å². The van der Waals surface area contributed by atoms with Gasteiger partial charge in [-0.05, 0) is 19.2 Å². The number of aliphatic carboxylic acids is 1. The summed E-state index contributed by atoms with van der Waals surface area (Å²) in [4.78, 5) is 31.5. The number of carboxylic acids is 1. The van der Waals surface area contributed by atoms with E-state index >= 15 is 0 Å². The average molecular weight is 412 g/mol. The number of rotatable bonds is 8. The van der Waals surface area contributed by atoms with Gasteiger partial charge in [-0.1, -0.05) is 33.6 Å². The molecule has 0 aliphatic rings. The maximum atomic E-state index is 10.6. The van der Waals surface area contributed by atoms with Crippen molar-refractivity contribution in [2.45, 2.75) is 13.8 Å². The van der Waals surface area contributed by atoms with Crippen LogP contribution in [0.3, 0.4) is 0 Å². The molecule has 0 fully saturated rings. The summed E-state index contributed by atoms with van der Waals surface area (Å²) in [6.45, 7) is 16.7. The molecular formula is C15H28N2O9S. The second-order valence-corrected chi connectivity index (χ2v) is 4.89. The number of amides is 1. The van der Waals surface area contributed by atoms with Gasteiger partial charge in [-0.25, -0.2) is 9.59 Å². The maximum absolute atomic E-state index is 10.6. The van der Waals surface area contributed by atoms with Crippen molar-refractivity contribution in [3.05, 3.63) is 38.0 Å². The lowest BCUT2D eigenvalue weighted by atomic mass is 10.5. The Morgan fingerprint density at radius 3 is 1.56 bits per heavy atom. The number of ether oxygens (including phenoxy) is 1. The summed E-state index contributed by atoms with van der Waals surface area (Å²) < 4.78 is 36.4. The van der Waals surface area contributed by atoms with Crippen LogP contribution >= 0.6 is 0 Å². The maximum Gasteiger partial charge on any atom is 0.394 e. The van der Waals surface area contributed by atoms with Crippen LogP contribution in [0, 0.1) is 0 Å². The van der Waals surface area contributed by atoms with Gasteiger partial charge in [0.25, 0.3) is 0 Å². The molecular weight excluding hydrogens is 384 g/mol. The van der Waals surface area contributed by atoms with Gasteiger partial charge in [-0.3, -0.25) is 13.9 Å². The number of nitrogens with zero attached hydrogens (tertiary/aromatic N) is 1. The molecule has 0 aromatic heterocycles. The van der Waals surface area contributed by atoms with Crippen LogP contribution in [0.5, 0.6) is 0 Å². The molecule has 5 N–H and O–H groups in total. The van der Waals surface area contributed by atoms with Gasteiger partial charge in [0.1, 0.15) is 6.61 Å². The van der Waals surface area contributed by atoms with Crippen LogP contribution in [0.4, 0.5) is 0 Å². The second kappa shape index (κ2) is 21.5. The monoisotopic (exact) mass is 412 g/mol. The first-order valence-corrected chi connectivity index (χ1v) is 8.67. The largest absolute Gasteiger partial charge is 0.478 e. The SMILES string of the molecule is C=CC(=O)O.C=CC(=O)OCCN(CC)CC.C=CC(N)=O.O=S(=O)(O)O. The number of likely N-dealkylation sites (N-methyl/N-ethyl adjacent to an activating group) is 1. The number of esters is 1. The van der Waals surface area contributed by atoms with Crippen LogP contribution in [0.25, 0.3) is 0 Å². The van der Waals surface area contributed by atoms with Crippen molar-refractivity contribution in [3.63, 3.8) is 0 Å². The molecule has 158 valence electrons. The standard InChI is InChI=1S/C9H17NO2.C3H5NO.C3H4O2.H2O4S/c1-4-9(11)12-8-7-10(5-2)6-3;2*1-2-3(4)5;1-5(2,3)4/h4H,1,5-8H2,2-3H3;2H,1H2,(H2,4,5);2H,1H2,(H,4,5);(H2,1,2,3,4). The third kappa shape index (κ3) is 59.6. The Hall–Kier alpha value is -2.54. The Labute approximate surface area is 159 Å². The Morgan fingerprint density at radius 1 is 1.04 bits per heavy atom. The van der Waals surface area contributed by atoms with Gasteiger partial charge >= 0.3 is 22.3 Å². The number of carboxylic acid groups (broad SMARTS) is 1. The average Bonchev–Trinajstić information content (AvgIpc) is 2.58. The zero-order chi connectivity index (χ0) is 22.5. The molecule has 0 spiro atoms. The molecule has 12 heteroatoms. The van der Waals surface area contributed by atoms with Gasteiger partial charge in [0.2, 0.25) is 5.91 Å². The fraction of sp³-hybridized carbons (Fsp3) is 0.400. The molecule has 0 aliphatic heterocycles. The summed E-state index contributed by atoms with van der Waals surface area (Å²) in [5.74, 6) is -1.81. The van der Waals surface area contributed by atoms with E-state index in [0.29, 0.717) is 6.61 Å². The van der Waals surface area contributed by atoms with Gasteiger partial charge in [-0.2, -0.15) is 8.42 Å². The minimum absolute atomic E-state index is 0.345. The molecule has 1 amide bonds. The topological polar surface area (TPSA) is 185 Å². The van der Waals surface area contributed by atoms with E-state index in [9.17, 15) is 14.4 Å². The van der Waals surface area contributed by atoms with Crippen molar-refractivity contribution in [1.29, 1.82) is 0 Å². The third-order valence-electron chi connectivity index (χ3n) is 2.09. The molecule has 0 bridgehead atoms. The minimum Gasteiger partial charge on any atom is -0.478 e. The predicted octanol–water partition coefficient (Wildman–Crippen LogP) is 0.319. The van der Waals surface area contributed by atoms with Crippen LogP contribution in [0.1, 0.15) is 13.8 Å². The lowest BCUT2D eigenvalue weighted by Crippen LogP contribution is -2.27. The summed E-state index contributed by atoms with van der Waals surface area (Å²) in [5, 5.41) is 7.60. The van der Waals surface area contributed by atoms with E-state index in [0.717, 1.165) is 31.8 Å². The number of hydrogen-bond donors (Lipinski definition) is 4. The molecule has 0 heterocycles. The smallest absolute Gasteiger partial charge is 0.394 e. The normalized spacial score (nSPS) is 8.93. The fourth-order valence-electron chi connectivity index (χ4n) is 0.874. The zero-order valence-corrected chi connectivity index (χ0v) is 16.2. The quantitative estimate of drug-likeness (QED) is 0.246. The highest BCUT2D eigenvalue weighted by molar-refractivity contribution is 7.79. The Balaban J connectivity index is -0.000000147. The molecule has 0 aliphatic carbocycles. The highest BCUT2D eigenvalue weighted by Gasteiger charge is 1.99. The van der Waals surface area contributed by atoms with Crippen molar-refractivity contribution >= 4 is 28.2 Å². The van der Waals surface area contributed by atoms with Crippen molar-refractivity contribution < 1.29 is 41.8 Å². The molecule has 27 heavy (non-hydrogen) atoms. The molecule has 0 saturated carbocycles. The molecule has 0 rings (SSSR count). The van der Waals surface area contributed by atoms with Gasteiger partial charge < -0.3 is 20.5 Å². The minimum atomic E-state index is -4.67. The van der Waals surface area contributed by atoms with Gasteiger partial charge in [0.15, 0.2) is 0 Å². The fourth-order valence-corrected chi connectivity index (χ4v) is 0.874. The third-order valence-corrected chi connectivity index (χ3v) is 2.09. The highest BCUT2D eigenvalue weighted by atomic mass is 32.3. The Bertz CT molecular complexity index is 530. The van der Waals surface area contributed by atoms with Crippen molar-refractivity contribution in [2.75, 3.05) is 26.2 Å². The molecule has 0 saturated heterocycles. The first-order valence-electron chi connectivity index (χ1n) is 7.27. The second-order valence-electron chi connectivity index (χ2n) is 4.00. The van der Waals surface area contributed by atoms with Crippen LogP contribution in [0.15, 0.2) is 38.0 Å². The molecule has 0 aromatic rings. The van der Waals surface area contributed by atoms with E-state index in [-0.39, 0.29) is 5.97 Å². The van der Waals surface area contributed by atoms with E-state index in [4.69, 9.17) is 27.4 Å². The molecule has 0 aromatic carbocycles. The van der Waals surface area contributed by atoms with E-state index in [1.54, 1.807) is 0 Å². The number of primary amides is 1. The molecule has 0 unspecified atom stereocenters. The van der Waals surface area contributed by atoms with Crippen LogP contribution in [-0.4, -0.2) is 71.6 Å². The number of carbonyl (C=O) groups is 3. The van der Waals surface area contributed by atoms with Gasteiger partial charge in [0, 0.05) is 18.7 Å². The first-order chi connectivity index (χ1) is 12.3. The number of carbonyl (C=O) groups excluding carboxylic acids is 2.